The smallest absolute Gasteiger partial charge is 0.353 e. The summed E-state index contributed by atoms with van der Waals surface area (Å²) in [4.78, 5) is 21.8. The second kappa shape index (κ2) is 15.9. The van der Waals surface area contributed by atoms with Gasteiger partial charge in [0.25, 0.3) is 0 Å². The van der Waals surface area contributed by atoms with Crippen LogP contribution in [0.3, 0.4) is 0 Å². The molecule has 0 amide bonds. The number of aromatic nitrogens is 2. The van der Waals surface area contributed by atoms with Crippen molar-refractivity contribution in [2.45, 2.75) is 78.1 Å². The summed E-state index contributed by atoms with van der Waals surface area (Å²) in [5, 5.41) is 0.730. The van der Waals surface area contributed by atoms with Crippen molar-refractivity contribution in [3.63, 3.8) is 0 Å². The van der Waals surface area contributed by atoms with Gasteiger partial charge in [-0.3, -0.25) is 0 Å². The first kappa shape index (κ1) is 27.7. The zero-order valence-electron chi connectivity index (χ0n) is 21.5. The van der Waals surface area contributed by atoms with Gasteiger partial charge in [0.15, 0.2) is 16.6 Å². The van der Waals surface area contributed by atoms with Crippen LogP contribution in [0.25, 0.3) is 11.4 Å². The molecule has 2 aromatic heterocycles. The first-order valence-electron chi connectivity index (χ1n) is 13.2. The molecular weight excluding hydrogens is 472 g/mol. The number of unbranched alkanes of at least 4 members (excludes halogenated alkanes) is 8. The van der Waals surface area contributed by atoms with Crippen LogP contribution in [0.5, 0.6) is 16.6 Å². The van der Waals surface area contributed by atoms with Crippen LogP contribution < -0.4 is 14.2 Å². The second-order valence-corrected chi connectivity index (χ2v) is 9.85. The number of thiophene rings is 1. The fourth-order valence-electron chi connectivity index (χ4n) is 3.62. The van der Waals surface area contributed by atoms with E-state index in [1.54, 1.807) is 36.7 Å². The monoisotopic (exact) mass is 510 g/mol. The van der Waals surface area contributed by atoms with Crippen LogP contribution >= 0.6 is 11.3 Å². The van der Waals surface area contributed by atoms with E-state index < -0.39 is 5.97 Å². The molecule has 0 unspecified atom stereocenters. The molecule has 0 N–H and O–H groups in total. The highest BCUT2D eigenvalue weighted by molar-refractivity contribution is 7.15. The third-order valence-electron chi connectivity index (χ3n) is 5.74. The van der Waals surface area contributed by atoms with Crippen molar-refractivity contribution >= 4 is 17.3 Å². The Balaban J connectivity index is 1.40. The van der Waals surface area contributed by atoms with E-state index in [1.165, 1.54) is 56.3 Å². The highest BCUT2D eigenvalue weighted by Crippen LogP contribution is 2.27. The van der Waals surface area contributed by atoms with Crippen LogP contribution in [-0.2, 0) is 0 Å². The average Bonchev–Trinajstić information content (AvgIpc) is 3.38. The molecule has 7 heteroatoms. The number of nitrogens with zero attached hydrogens (tertiary/aromatic N) is 2. The highest BCUT2D eigenvalue weighted by atomic mass is 32.1. The Bertz CT molecular complexity index is 1020. The molecule has 0 spiro atoms. The molecular formula is C29H38N2O4S. The molecule has 0 aliphatic carbocycles. The third kappa shape index (κ3) is 9.61. The molecule has 3 aromatic rings. The van der Waals surface area contributed by atoms with Crippen molar-refractivity contribution in [1.82, 2.24) is 9.97 Å². The lowest BCUT2D eigenvalue weighted by Crippen LogP contribution is -2.06. The van der Waals surface area contributed by atoms with E-state index in [0.717, 1.165) is 29.9 Å². The predicted octanol–water partition coefficient (Wildman–Crippen LogP) is 8.12. The zero-order valence-corrected chi connectivity index (χ0v) is 22.4. The van der Waals surface area contributed by atoms with E-state index in [2.05, 4.69) is 23.8 Å². The SMILES string of the molecule is CCCCCCCCCCOc1cnc(-c2ccc(OC(=O)c3ccc(OCCCC)s3)cc2)nc1. The van der Waals surface area contributed by atoms with Gasteiger partial charge in [0, 0.05) is 5.56 Å². The number of rotatable bonds is 17. The Morgan fingerprint density at radius 1 is 0.722 bits per heavy atom. The maximum Gasteiger partial charge on any atom is 0.353 e. The lowest BCUT2D eigenvalue weighted by atomic mass is 10.1. The largest absolute Gasteiger partial charge is 0.490 e. The van der Waals surface area contributed by atoms with Gasteiger partial charge in [-0.1, -0.05) is 76.6 Å². The van der Waals surface area contributed by atoms with E-state index in [9.17, 15) is 4.79 Å². The summed E-state index contributed by atoms with van der Waals surface area (Å²) in [7, 11) is 0. The molecule has 3 rings (SSSR count). The van der Waals surface area contributed by atoms with Crippen LogP contribution in [-0.4, -0.2) is 29.2 Å². The van der Waals surface area contributed by atoms with Gasteiger partial charge in [-0.2, -0.15) is 0 Å². The van der Waals surface area contributed by atoms with Crippen LogP contribution in [0.2, 0.25) is 0 Å². The van der Waals surface area contributed by atoms with Crippen molar-refractivity contribution in [2.75, 3.05) is 13.2 Å². The van der Waals surface area contributed by atoms with Crippen molar-refractivity contribution in [3.05, 3.63) is 53.7 Å². The fraction of sp³-hybridized carbons (Fsp3) is 0.483. The van der Waals surface area contributed by atoms with Crippen molar-refractivity contribution in [3.8, 4) is 28.0 Å². The van der Waals surface area contributed by atoms with Gasteiger partial charge in [0.1, 0.15) is 10.6 Å². The summed E-state index contributed by atoms with van der Waals surface area (Å²) in [5.41, 5.74) is 0.840. The highest BCUT2D eigenvalue weighted by Gasteiger charge is 2.13. The van der Waals surface area contributed by atoms with E-state index in [4.69, 9.17) is 14.2 Å². The Morgan fingerprint density at radius 3 is 2.06 bits per heavy atom. The lowest BCUT2D eigenvalue weighted by Gasteiger charge is -2.07. The van der Waals surface area contributed by atoms with Gasteiger partial charge in [-0.25, -0.2) is 14.8 Å². The summed E-state index contributed by atoms with van der Waals surface area (Å²) < 4.78 is 16.9. The molecule has 2 heterocycles. The number of esters is 1. The van der Waals surface area contributed by atoms with E-state index >= 15 is 0 Å². The maximum absolute atomic E-state index is 12.4. The summed E-state index contributed by atoms with van der Waals surface area (Å²) in [6.07, 6.45) is 15.7. The van der Waals surface area contributed by atoms with Crippen LogP contribution in [0.1, 0.15) is 87.7 Å². The molecule has 1 aromatic carbocycles. The Hall–Kier alpha value is -2.93. The number of carbonyl (C=O) groups excluding carboxylic acids is 1. The summed E-state index contributed by atoms with van der Waals surface area (Å²) in [6, 6.07) is 10.7. The van der Waals surface area contributed by atoms with Gasteiger partial charge < -0.3 is 14.2 Å². The van der Waals surface area contributed by atoms with Crippen LogP contribution in [0.4, 0.5) is 0 Å². The summed E-state index contributed by atoms with van der Waals surface area (Å²) in [6.45, 7) is 5.70. The van der Waals surface area contributed by atoms with Gasteiger partial charge in [0.05, 0.1) is 25.6 Å². The average molecular weight is 511 g/mol. The molecule has 0 bridgehead atoms. The molecule has 36 heavy (non-hydrogen) atoms. The first-order valence-corrected chi connectivity index (χ1v) is 14.0. The Labute approximate surface area is 219 Å². The van der Waals surface area contributed by atoms with E-state index in [-0.39, 0.29) is 0 Å². The number of ether oxygens (including phenoxy) is 3. The zero-order chi connectivity index (χ0) is 25.4. The Morgan fingerprint density at radius 2 is 1.36 bits per heavy atom. The lowest BCUT2D eigenvalue weighted by molar-refractivity contribution is 0.0740. The van der Waals surface area contributed by atoms with Crippen LogP contribution in [0.15, 0.2) is 48.8 Å². The van der Waals surface area contributed by atoms with E-state index in [0.29, 0.717) is 35.4 Å². The van der Waals surface area contributed by atoms with Gasteiger partial charge in [-0.05, 0) is 49.2 Å². The third-order valence-corrected chi connectivity index (χ3v) is 6.72. The topological polar surface area (TPSA) is 70.5 Å². The number of hydrogen-bond acceptors (Lipinski definition) is 7. The number of carbonyl (C=O) groups is 1. The standard InChI is InChI=1S/C29H38N2O4S/c1-3-5-7-8-9-10-11-12-20-33-25-21-30-28(31-22-25)23-13-15-24(16-14-23)35-29(32)26-17-18-27(36-26)34-19-6-4-2/h13-18,21-22H,3-12,19-20H2,1-2H3. The van der Waals surface area contributed by atoms with Gasteiger partial charge in [0.2, 0.25) is 0 Å². The first-order chi connectivity index (χ1) is 17.7. The quantitative estimate of drug-likeness (QED) is 0.104. The molecule has 0 fully saturated rings. The maximum atomic E-state index is 12.4. The molecule has 6 nitrogen and oxygen atoms in total. The second-order valence-electron chi connectivity index (χ2n) is 8.80. The molecule has 0 aliphatic heterocycles. The van der Waals surface area contributed by atoms with Crippen molar-refractivity contribution in [2.24, 2.45) is 0 Å². The normalized spacial score (nSPS) is 10.8. The van der Waals surface area contributed by atoms with Gasteiger partial charge in [-0.15, -0.1) is 0 Å². The molecule has 0 radical (unpaired) electrons. The molecule has 0 saturated carbocycles. The van der Waals surface area contributed by atoms with Gasteiger partial charge >= 0.3 is 5.97 Å². The molecule has 194 valence electrons. The minimum Gasteiger partial charge on any atom is -0.490 e. The Kier molecular flexibility index (Phi) is 12.2. The van der Waals surface area contributed by atoms with Crippen molar-refractivity contribution < 1.29 is 19.0 Å². The number of hydrogen-bond donors (Lipinski definition) is 0. The van der Waals surface area contributed by atoms with Crippen LogP contribution in [0, 0.1) is 0 Å². The molecule has 0 aliphatic rings. The molecule has 0 saturated heterocycles. The summed E-state index contributed by atoms with van der Waals surface area (Å²) in [5.74, 6) is 1.35. The van der Waals surface area contributed by atoms with E-state index in [1.807, 2.05) is 12.1 Å². The fourth-order valence-corrected chi connectivity index (χ4v) is 4.38. The van der Waals surface area contributed by atoms with Crippen molar-refractivity contribution in [1.29, 1.82) is 0 Å². The minimum absolute atomic E-state index is 0.396. The number of benzene rings is 1. The molecule has 0 atom stereocenters. The predicted molar refractivity (Wildman–Crippen MR) is 145 cm³/mol. The summed E-state index contributed by atoms with van der Waals surface area (Å²) >= 11 is 1.30. The minimum atomic E-state index is -0.396.